The molecule has 0 bridgehead atoms. The van der Waals surface area contributed by atoms with Gasteiger partial charge in [-0.2, -0.15) is 5.10 Å². The number of hydrogen-bond donors (Lipinski definition) is 1. The van der Waals surface area contributed by atoms with Crippen LogP contribution in [0.4, 0.5) is 0 Å². The quantitative estimate of drug-likeness (QED) is 0.757. The molecule has 2 rings (SSSR count). The number of nitrogens with zero attached hydrogens (tertiary/aromatic N) is 3. The molecule has 5 heteroatoms. The molecule has 2 aromatic rings. The number of ether oxygens (including phenoxy) is 1. The summed E-state index contributed by atoms with van der Waals surface area (Å²) in [5.74, 6) is 2.47. The predicted octanol–water partition coefficient (Wildman–Crippen LogP) is 2.28. The Morgan fingerprint density at radius 2 is 2.00 bits per heavy atom. The highest BCUT2D eigenvalue weighted by Crippen LogP contribution is 2.11. The van der Waals surface area contributed by atoms with E-state index in [2.05, 4.69) is 41.4 Å². The Balaban J connectivity index is 1.75. The van der Waals surface area contributed by atoms with Crippen molar-refractivity contribution in [2.75, 3.05) is 13.7 Å². The third kappa shape index (κ3) is 4.86. The highest BCUT2D eigenvalue weighted by Gasteiger charge is 2.05. The third-order valence-electron chi connectivity index (χ3n) is 3.27. The van der Waals surface area contributed by atoms with Crippen LogP contribution in [0.3, 0.4) is 0 Å². The summed E-state index contributed by atoms with van der Waals surface area (Å²) in [7, 11) is 1.68. The Morgan fingerprint density at radius 1 is 1.24 bits per heavy atom. The minimum Gasteiger partial charge on any atom is -0.497 e. The van der Waals surface area contributed by atoms with Gasteiger partial charge in [0.15, 0.2) is 0 Å². The maximum absolute atomic E-state index is 5.15. The van der Waals surface area contributed by atoms with Gasteiger partial charge in [-0.3, -0.25) is 0 Å². The average molecular weight is 288 g/mol. The van der Waals surface area contributed by atoms with E-state index in [0.717, 1.165) is 37.6 Å². The Labute approximate surface area is 126 Å². The molecule has 0 radical (unpaired) electrons. The zero-order chi connectivity index (χ0) is 15.1. The van der Waals surface area contributed by atoms with Gasteiger partial charge >= 0.3 is 0 Å². The molecule has 1 heterocycles. The van der Waals surface area contributed by atoms with Crippen LogP contribution in [0.5, 0.6) is 5.75 Å². The fourth-order valence-corrected chi connectivity index (χ4v) is 2.15. The topological polar surface area (TPSA) is 52.0 Å². The van der Waals surface area contributed by atoms with Crippen molar-refractivity contribution in [3.63, 3.8) is 0 Å². The molecule has 0 saturated carbocycles. The maximum atomic E-state index is 5.15. The van der Waals surface area contributed by atoms with Gasteiger partial charge in [-0.1, -0.05) is 26.0 Å². The SMILES string of the molecule is COc1ccc(CCNCc2ncnn2CC(C)C)cc1. The summed E-state index contributed by atoms with van der Waals surface area (Å²) in [5.41, 5.74) is 1.30. The monoisotopic (exact) mass is 288 g/mol. The summed E-state index contributed by atoms with van der Waals surface area (Å²) in [6, 6.07) is 8.19. The van der Waals surface area contributed by atoms with E-state index < -0.39 is 0 Å². The van der Waals surface area contributed by atoms with Gasteiger partial charge in [0.1, 0.15) is 17.9 Å². The van der Waals surface area contributed by atoms with Gasteiger partial charge in [0.2, 0.25) is 0 Å². The zero-order valence-corrected chi connectivity index (χ0v) is 13.0. The Kier molecular flexibility index (Phi) is 5.75. The first-order chi connectivity index (χ1) is 10.2. The van der Waals surface area contributed by atoms with Gasteiger partial charge in [0, 0.05) is 6.54 Å². The van der Waals surface area contributed by atoms with E-state index in [9.17, 15) is 0 Å². The average Bonchev–Trinajstić information content (AvgIpc) is 2.91. The fraction of sp³-hybridized carbons (Fsp3) is 0.500. The molecule has 0 saturated heterocycles. The highest BCUT2D eigenvalue weighted by molar-refractivity contribution is 5.27. The van der Waals surface area contributed by atoms with Crippen LogP contribution in [-0.2, 0) is 19.5 Å². The normalized spacial score (nSPS) is 11.0. The third-order valence-corrected chi connectivity index (χ3v) is 3.27. The number of benzene rings is 1. The molecular formula is C16H24N4O. The number of nitrogens with one attached hydrogen (secondary N) is 1. The predicted molar refractivity (Wildman–Crippen MR) is 83.3 cm³/mol. The molecule has 0 aliphatic rings. The van der Waals surface area contributed by atoms with Gasteiger partial charge in [-0.25, -0.2) is 9.67 Å². The molecule has 0 unspecified atom stereocenters. The van der Waals surface area contributed by atoms with Crippen LogP contribution in [0, 0.1) is 5.92 Å². The molecule has 0 aliphatic carbocycles. The van der Waals surface area contributed by atoms with E-state index in [0.29, 0.717) is 5.92 Å². The first kappa shape index (κ1) is 15.5. The van der Waals surface area contributed by atoms with Crippen molar-refractivity contribution in [1.29, 1.82) is 0 Å². The molecule has 1 aromatic heterocycles. The minimum absolute atomic E-state index is 0.574. The molecule has 5 nitrogen and oxygen atoms in total. The van der Waals surface area contributed by atoms with Gasteiger partial charge in [0.25, 0.3) is 0 Å². The molecule has 0 aliphatic heterocycles. The molecule has 21 heavy (non-hydrogen) atoms. The van der Waals surface area contributed by atoms with E-state index >= 15 is 0 Å². The van der Waals surface area contributed by atoms with Crippen molar-refractivity contribution in [2.24, 2.45) is 5.92 Å². The smallest absolute Gasteiger partial charge is 0.140 e. The van der Waals surface area contributed by atoms with E-state index in [1.807, 2.05) is 16.8 Å². The van der Waals surface area contributed by atoms with Crippen LogP contribution in [0.15, 0.2) is 30.6 Å². The summed E-state index contributed by atoms with van der Waals surface area (Å²) < 4.78 is 7.13. The van der Waals surface area contributed by atoms with Gasteiger partial charge in [-0.05, 0) is 36.6 Å². The van der Waals surface area contributed by atoms with E-state index in [1.54, 1.807) is 13.4 Å². The fourth-order valence-electron chi connectivity index (χ4n) is 2.15. The second kappa shape index (κ2) is 7.78. The molecule has 114 valence electrons. The lowest BCUT2D eigenvalue weighted by atomic mass is 10.1. The molecule has 0 atom stereocenters. The van der Waals surface area contributed by atoms with Crippen molar-refractivity contribution < 1.29 is 4.74 Å². The van der Waals surface area contributed by atoms with E-state index in [-0.39, 0.29) is 0 Å². The Morgan fingerprint density at radius 3 is 2.67 bits per heavy atom. The Hall–Kier alpha value is -1.88. The summed E-state index contributed by atoms with van der Waals surface area (Å²) in [6.45, 7) is 6.95. The number of aromatic nitrogens is 3. The number of rotatable bonds is 8. The summed E-state index contributed by atoms with van der Waals surface area (Å²) in [4.78, 5) is 4.31. The van der Waals surface area contributed by atoms with Crippen LogP contribution >= 0.6 is 0 Å². The van der Waals surface area contributed by atoms with Crippen LogP contribution in [0.1, 0.15) is 25.2 Å². The van der Waals surface area contributed by atoms with Gasteiger partial charge in [-0.15, -0.1) is 0 Å². The lowest BCUT2D eigenvalue weighted by molar-refractivity contribution is 0.414. The van der Waals surface area contributed by atoms with Crippen molar-refractivity contribution in [1.82, 2.24) is 20.1 Å². The number of hydrogen-bond acceptors (Lipinski definition) is 4. The molecule has 1 aromatic carbocycles. The van der Waals surface area contributed by atoms with E-state index in [4.69, 9.17) is 4.74 Å². The van der Waals surface area contributed by atoms with E-state index in [1.165, 1.54) is 5.56 Å². The molecule has 0 fully saturated rings. The maximum Gasteiger partial charge on any atom is 0.140 e. The highest BCUT2D eigenvalue weighted by atomic mass is 16.5. The Bertz CT molecular complexity index is 533. The van der Waals surface area contributed by atoms with Gasteiger partial charge < -0.3 is 10.1 Å². The minimum atomic E-state index is 0.574. The van der Waals surface area contributed by atoms with Crippen molar-refractivity contribution in [3.8, 4) is 5.75 Å². The molecule has 0 amide bonds. The van der Waals surface area contributed by atoms with Crippen molar-refractivity contribution in [2.45, 2.75) is 33.4 Å². The standard InChI is InChI=1S/C16H24N4O/c1-13(2)11-20-16(18-12-19-20)10-17-9-8-14-4-6-15(21-3)7-5-14/h4-7,12-13,17H,8-11H2,1-3H3. The largest absolute Gasteiger partial charge is 0.497 e. The van der Waals surface area contributed by atoms with Crippen molar-refractivity contribution in [3.05, 3.63) is 42.0 Å². The summed E-state index contributed by atoms with van der Waals surface area (Å²) in [5, 5.41) is 7.69. The van der Waals surface area contributed by atoms with Crippen LogP contribution in [0.2, 0.25) is 0 Å². The number of methoxy groups -OCH3 is 1. The molecule has 0 spiro atoms. The van der Waals surface area contributed by atoms with Crippen LogP contribution in [0.25, 0.3) is 0 Å². The first-order valence-electron chi connectivity index (χ1n) is 7.39. The molecule has 1 N–H and O–H groups in total. The second-order valence-corrected chi connectivity index (χ2v) is 5.53. The lowest BCUT2D eigenvalue weighted by Crippen LogP contribution is -2.21. The zero-order valence-electron chi connectivity index (χ0n) is 13.0. The van der Waals surface area contributed by atoms with Gasteiger partial charge in [0.05, 0.1) is 13.7 Å². The van der Waals surface area contributed by atoms with Crippen LogP contribution in [-0.4, -0.2) is 28.4 Å². The molecular weight excluding hydrogens is 264 g/mol. The van der Waals surface area contributed by atoms with Crippen LogP contribution < -0.4 is 10.1 Å². The lowest BCUT2D eigenvalue weighted by Gasteiger charge is -2.09. The summed E-state index contributed by atoms with van der Waals surface area (Å²) in [6.07, 6.45) is 2.62. The second-order valence-electron chi connectivity index (χ2n) is 5.53. The summed E-state index contributed by atoms with van der Waals surface area (Å²) >= 11 is 0. The van der Waals surface area contributed by atoms with Crippen molar-refractivity contribution >= 4 is 0 Å². The first-order valence-corrected chi connectivity index (χ1v) is 7.39.